The fraction of sp³-hybridized carbons (Fsp3) is 0.417. The zero-order chi connectivity index (χ0) is 15.5. The number of benzene rings is 1. The van der Waals surface area contributed by atoms with E-state index in [0.29, 0.717) is 15.9 Å². The molecule has 0 radical (unpaired) electrons. The second kappa shape index (κ2) is 6.89. The van der Waals surface area contributed by atoms with Crippen LogP contribution in [0.5, 0.6) is 0 Å². The lowest BCUT2D eigenvalue weighted by atomic mass is 10.2. The van der Waals surface area contributed by atoms with Crippen LogP contribution in [0.3, 0.4) is 0 Å². The van der Waals surface area contributed by atoms with Crippen molar-refractivity contribution in [3.8, 4) is 0 Å². The Morgan fingerprint density at radius 1 is 1.50 bits per heavy atom. The summed E-state index contributed by atoms with van der Waals surface area (Å²) in [5, 5.41) is 9.29. The van der Waals surface area contributed by atoms with Gasteiger partial charge in [0.2, 0.25) is 10.0 Å². The standard InChI is InChI=1S/C12H15BrClNO4S/c1-3-8(2)15(7-12(16)17)20(18,19)9-4-5-11(14)10(13)6-9/h4-6,8H,3,7H2,1-2H3,(H,16,17). The largest absolute Gasteiger partial charge is 0.480 e. The molecular weight excluding hydrogens is 370 g/mol. The Labute approximate surface area is 131 Å². The summed E-state index contributed by atoms with van der Waals surface area (Å²) in [7, 11) is -3.88. The van der Waals surface area contributed by atoms with Gasteiger partial charge in [0.25, 0.3) is 0 Å². The lowest BCUT2D eigenvalue weighted by molar-refractivity contribution is -0.137. The van der Waals surface area contributed by atoms with Gasteiger partial charge in [-0.25, -0.2) is 8.42 Å². The first-order chi connectivity index (χ1) is 9.20. The molecule has 0 aromatic heterocycles. The van der Waals surface area contributed by atoms with Gasteiger partial charge in [-0.2, -0.15) is 4.31 Å². The fourth-order valence-corrected chi connectivity index (χ4v) is 3.92. The van der Waals surface area contributed by atoms with Crippen molar-refractivity contribution in [1.82, 2.24) is 4.31 Å². The molecule has 0 saturated carbocycles. The molecule has 0 spiro atoms. The molecule has 0 fully saturated rings. The molecule has 1 rings (SSSR count). The molecule has 0 heterocycles. The molecule has 1 unspecified atom stereocenters. The topological polar surface area (TPSA) is 74.7 Å². The van der Waals surface area contributed by atoms with E-state index in [1.165, 1.54) is 18.2 Å². The van der Waals surface area contributed by atoms with Gasteiger partial charge in [-0.15, -0.1) is 0 Å². The number of hydrogen-bond acceptors (Lipinski definition) is 3. The zero-order valence-electron chi connectivity index (χ0n) is 11.0. The molecule has 112 valence electrons. The molecule has 5 nitrogen and oxygen atoms in total. The Kier molecular flexibility index (Phi) is 6.00. The summed E-state index contributed by atoms with van der Waals surface area (Å²) in [6, 6.07) is 3.77. The third kappa shape index (κ3) is 3.94. The van der Waals surface area contributed by atoms with Crippen molar-refractivity contribution in [3.05, 3.63) is 27.7 Å². The van der Waals surface area contributed by atoms with Gasteiger partial charge in [-0.3, -0.25) is 4.79 Å². The van der Waals surface area contributed by atoms with Gasteiger partial charge >= 0.3 is 5.97 Å². The van der Waals surface area contributed by atoms with E-state index in [1.807, 2.05) is 0 Å². The molecule has 1 aromatic rings. The van der Waals surface area contributed by atoms with Crippen LogP contribution in [0.1, 0.15) is 20.3 Å². The van der Waals surface area contributed by atoms with E-state index in [1.54, 1.807) is 13.8 Å². The van der Waals surface area contributed by atoms with Gasteiger partial charge in [0, 0.05) is 10.5 Å². The molecular formula is C12H15BrClNO4S. The van der Waals surface area contributed by atoms with Crippen LogP contribution < -0.4 is 0 Å². The quantitative estimate of drug-likeness (QED) is 0.818. The van der Waals surface area contributed by atoms with E-state index in [0.717, 1.165) is 4.31 Å². The summed E-state index contributed by atoms with van der Waals surface area (Å²) in [6.45, 7) is 2.90. The highest BCUT2D eigenvalue weighted by Crippen LogP contribution is 2.27. The van der Waals surface area contributed by atoms with E-state index in [-0.39, 0.29) is 4.90 Å². The Morgan fingerprint density at radius 2 is 2.10 bits per heavy atom. The molecule has 0 bridgehead atoms. The van der Waals surface area contributed by atoms with Crippen molar-refractivity contribution >= 4 is 43.5 Å². The zero-order valence-corrected chi connectivity index (χ0v) is 14.2. The summed E-state index contributed by atoms with van der Waals surface area (Å²) in [5.41, 5.74) is 0. The lowest BCUT2D eigenvalue weighted by Crippen LogP contribution is -2.41. The minimum absolute atomic E-state index is 0.00956. The highest BCUT2D eigenvalue weighted by molar-refractivity contribution is 9.10. The molecule has 0 saturated heterocycles. The van der Waals surface area contributed by atoms with Crippen LogP contribution in [0, 0.1) is 0 Å². The predicted octanol–water partition coefficient (Wildman–Crippen LogP) is 2.98. The second-order valence-corrected chi connectivity index (χ2v) is 7.43. The second-order valence-electron chi connectivity index (χ2n) is 4.28. The van der Waals surface area contributed by atoms with Gasteiger partial charge < -0.3 is 5.11 Å². The average molecular weight is 385 g/mol. The summed E-state index contributed by atoms with van der Waals surface area (Å²) in [6.07, 6.45) is 0.515. The summed E-state index contributed by atoms with van der Waals surface area (Å²) in [5.74, 6) is -1.19. The van der Waals surface area contributed by atoms with Crippen molar-refractivity contribution in [3.63, 3.8) is 0 Å². The number of sulfonamides is 1. The third-order valence-corrected chi connectivity index (χ3v) is 6.04. The molecule has 0 aliphatic carbocycles. The molecule has 1 aromatic carbocycles. The molecule has 1 atom stereocenters. The predicted molar refractivity (Wildman–Crippen MR) is 80.4 cm³/mol. The number of carbonyl (C=O) groups is 1. The third-order valence-electron chi connectivity index (χ3n) is 2.87. The fourth-order valence-electron chi connectivity index (χ4n) is 1.59. The van der Waals surface area contributed by atoms with Crippen molar-refractivity contribution in [1.29, 1.82) is 0 Å². The molecule has 8 heteroatoms. The van der Waals surface area contributed by atoms with Crippen molar-refractivity contribution in [2.45, 2.75) is 31.2 Å². The molecule has 20 heavy (non-hydrogen) atoms. The smallest absolute Gasteiger partial charge is 0.318 e. The first-order valence-electron chi connectivity index (χ1n) is 5.88. The number of rotatable bonds is 6. The lowest BCUT2D eigenvalue weighted by Gasteiger charge is -2.26. The highest BCUT2D eigenvalue weighted by atomic mass is 79.9. The molecule has 0 amide bonds. The maximum absolute atomic E-state index is 12.5. The van der Waals surface area contributed by atoms with E-state index >= 15 is 0 Å². The summed E-state index contributed by atoms with van der Waals surface area (Å²) < 4.78 is 26.5. The van der Waals surface area contributed by atoms with E-state index in [2.05, 4.69) is 15.9 Å². The van der Waals surface area contributed by atoms with Crippen molar-refractivity contribution in [2.75, 3.05) is 6.54 Å². The molecule has 1 N–H and O–H groups in total. The van der Waals surface area contributed by atoms with Gasteiger partial charge in [0.1, 0.15) is 6.54 Å². The number of hydrogen-bond donors (Lipinski definition) is 1. The number of halogens is 2. The Morgan fingerprint density at radius 3 is 2.55 bits per heavy atom. The van der Waals surface area contributed by atoms with Crippen LogP contribution in [0.25, 0.3) is 0 Å². The van der Waals surface area contributed by atoms with Crippen LogP contribution in [-0.4, -0.2) is 36.4 Å². The van der Waals surface area contributed by atoms with Gasteiger partial charge in [0.05, 0.1) is 9.92 Å². The first-order valence-corrected chi connectivity index (χ1v) is 8.50. The van der Waals surface area contributed by atoms with E-state index in [9.17, 15) is 13.2 Å². The van der Waals surface area contributed by atoms with E-state index < -0.39 is 28.6 Å². The maximum Gasteiger partial charge on any atom is 0.318 e. The van der Waals surface area contributed by atoms with E-state index in [4.69, 9.17) is 16.7 Å². The van der Waals surface area contributed by atoms with Crippen LogP contribution >= 0.6 is 27.5 Å². The highest BCUT2D eigenvalue weighted by Gasteiger charge is 2.30. The Hall–Kier alpha value is -0.630. The summed E-state index contributed by atoms with van der Waals surface area (Å²) in [4.78, 5) is 10.9. The van der Waals surface area contributed by atoms with Crippen molar-refractivity contribution < 1.29 is 18.3 Å². The van der Waals surface area contributed by atoms with Gasteiger partial charge in [-0.1, -0.05) is 18.5 Å². The Balaban J connectivity index is 3.28. The number of carboxylic acid groups (broad SMARTS) is 1. The van der Waals surface area contributed by atoms with Gasteiger partial charge in [-0.05, 0) is 47.5 Å². The van der Waals surface area contributed by atoms with Crippen LogP contribution in [0.4, 0.5) is 0 Å². The maximum atomic E-state index is 12.5. The molecule has 0 aliphatic rings. The van der Waals surface area contributed by atoms with Crippen LogP contribution in [0.2, 0.25) is 5.02 Å². The number of aliphatic carboxylic acids is 1. The monoisotopic (exact) mass is 383 g/mol. The minimum Gasteiger partial charge on any atom is -0.480 e. The minimum atomic E-state index is -3.88. The van der Waals surface area contributed by atoms with Gasteiger partial charge in [0.15, 0.2) is 0 Å². The average Bonchev–Trinajstić information content (AvgIpc) is 2.37. The Bertz CT molecular complexity index is 605. The normalized spacial score (nSPS) is 13.4. The SMILES string of the molecule is CCC(C)N(CC(=O)O)S(=O)(=O)c1ccc(Cl)c(Br)c1. The first kappa shape index (κ1) is 17.4. The molecule has 0 aliphatic heterocycles. The summed E-state index contributed by atoms with van der Waals surface area (Å²) >= 11 is 9.00. The number of nitrogens with zero attached hydrogens (tertiary/aromatic N) is 1. The van der Waals surface area contributed by atoms with Crippen LogP contribution in [-0.2, 0) is 14.8 Å². The van der Waals surface area contributed by atoms with Crippen LogP contribution in [0.15, 0.2) is 27.6 Å². The number of carboxylic acids is 1. The van der Waals surface area contributed by atoms with Crippen molar-refractivity contribution in [2.24, 2.45) is 0 Å².